The zero-order chi connectivity index (χ0) is 26.6. The molecular formula is C23H33N3O7S2. The van der Waals surface area contributed by atoms with Crippen molar-refractivity contribution in [2.75, 3.05) is 19.6 Å². The Kier molecular flexibility index (Phi) is 12.1. The molecule has 1 heterocycles. The maximum Gasteiger partial charge on any atom is 0.447 e. The maximum atomic E-state index is 10.9. The van der Waals surface area contributed by atoms with Crippen LogP contribution < -0.4 is 4.18 Å². The topological polar surface area (TPSA) is 139 Å². The van der Waals surface area contributed by atoms with Crippen molar-refractivity contribution in [1.82, 2.24) is 14.7 Å². The van der Waals surface area contributed by atoms with Gasteiger partial charge in [0.2, 0.25) is 5.88 Å². The van der Waals surface area contributed by atoms with Gasteiger partial charge in [-0.3, -0.25) is 9.11 Å². The molecule has 3 rings (SSSR count). The van der Waals surface area contributed by atoms with Gasteiger partial charge in [-0.2, -0.15) is 26.6 Å². The van der Waals surface area contributed by atoms with Gasteiger partial charge in [0.05, 0.1) is 16.3 Å². The van der Waals surface area contributed by atoms with Crippen LogP contribution in [0.15, 0.2) is 65.6 Å². The molecule has 0 saturated carbocycles. The number of nitrogens with zero attached hydrogens (tertiary/aromatic N) is 3. The number of hydrogen-bond donors (Lipinski definition) is 2. The molecule has 0 bridgehead atoms. The van der Waals surface area contributed by atoms with Crippen LogP contribution in [0.25, 0.3) is 5.69 Å². The fraction of sp³-hybridized carbons (Fsp3) is 0.348. The number of aryl methyl sites for hydroxylation is 2. The van der Waals surface area contributed by atoms with E-state index in [0.29, 0.717) is 5.69 Å². The van der Waals surface area contributed by atoms with E-state index in [4.69, 9.17) is 9.11 Å². The van der Waals surface area contributed by atoms with Crippen molar-refractivity contribution in [3.63, 3.8) is 0 Å². The van der Waals surface area contributed by atoms with Gasteiger partial charge in [-0.05, 0) is 57.7 Å². The van der Waals surface area contributed by atoms with E-state index in [0.717, 1.165) is 16.8 Å². The van der Waals surface area contributed by atoms with Crippen LogP contribution >= 0.6 is 0 Å². The lowest BCUT2D eigenvalue weighted by Gasteiger charge is -2.13. The smallest absolute Gasteiger partial charge is 0.341 e. The van der Waals surface area contributed by atoms with Gasteiger partial charge in [-0.15, -0.1) is 0 Å². The lowest BCUT2D eigenvalue weighted by Crippen LogP contribution is -2.21. The summed E-state index contributed by atoms with van der Waals surface area (Å²) in [6.07, 6.45) is 0. The van der Waals surface area contributed by atoms with Gasteiger partial charge in [0.15, 0.2) is 0 Å². The van der Waals surface area contributed by atoms with Crippen molar-refractivity contribution in [2.45, 2.75) is 39.5 Å². The zero-order valence-corrected chi connectivity index (χ0v) is 22.1. The van der Waals surface area contributed by atoms with Crippen LogP contribution in [-0.2, 0) is 20.5 Å². The molecule has 0 radical (unpaired) electrons. The first-order valence-electron chi connectivity index (χ1n) is 10.9. The summed E-state index contributed by atoms with van der Waals surface area (Å²) >= 11 is 0. The minimum absolute atomic E-state index is 0.269. The molecule has 12 heteroatoms. The highest BCUT2D eigenvalue weighted by atomic mass is 32.3. The Morgan fingerprint density at radius 3 is 1.71 bits per heavy atom. The summed E-state index contributed by atoms with van der Waals surface area (Å²) in [5.74, 6) is -0.269. The largest absolute Gasteiger partial charge is 0.447 e. The van der Waals surface area contributed by atoms with E-state index in [2.05, 4.69) is 54.0 Å². The Morgan fingerprint density at radius 1 is 0.857 bits per heavy atom. The standard InChI is InChI=1S/C10H10N2O7S2.C7H8.C6H15N/c1-7-6-10(19-21(16,17)18)12(11-7)8-2-4-9(5-3-8)20(13,14)15;1-7-5-3-2-4-6-7;1-4-7(5-2)6-3/h2-6H,1H3,(H,13,14,15)(H,16,17,18);2-6H,1H3;4-6H2,1-3H3. The molecule has 3 aromatic rings. The lowest BCUT2D eigenvalue weighted by molar-refractivity contribution is 0.321. The molecule has 2 aromatic carbocycles. The van der Waals surface area contributed by atoms with Gasteiger partial charge in [0.1, 0.15) is 0 Å². The molecule has 10 nitrogen and oxygen atoms in total. The van der Waals surface area contributed by atoms with Crippen LogP contribution in [0.4, 0.5) is 0 Å². The molecular weight excluding hydrogens is 494 g/mol. The summed E-state index contributed by atoms with van der Waals surface area (Å²) in [4.78, 5) is 2.05. The Balaban J connectivity index is 0.000000356. The molecule has 194 valence electrons. The van der Waals surface area contributed by atoms with Gasteiger partial charge in [-0.25, -0.2) is 0 Å². The second-order valence-electron chi connectivity index (χ2n) is 7.29. The van der Waals surface area contributed by atoms with Crippen LogP contribution in [0, 0.1) is 13.8 Å². The van der Waals surface area contributed by atoms with Crippen molar-refractivity contribution >= 4 is 20.5 Å². The molecule has 1 aromatic heterocycles. The summed E-state index contributed by atoms with van der Waals surface area (Å²) in [7, 11) is -9.05. The fourth-order valence-electron chi connectivity index (χ4n) is 2.79. The normalized spacial score (nSPS) is 11.2. The predicted octanol–water partition coefficient (Wildman–Crippen LogP) is 3.95. The molecule has 0 aliphatic carbocycles. The number of hydrogen-bond acceptors (Lipinski definition) is 7. The van der Waals surface area contributed by atoms with E-state index < -0.39 is 20.5 Å². The van der Waals surface area contributed by atoms with Gasteiger partial charge in [-0.1, -0.05) is 56.7 Å². The fourth-order valence-corrected chi connectivity index (χ4v) is 3.61. The molecule has 2 N–H and O–H groups in total. The van der Waals surface area contributed by atoms with E-state index in [9.17, 15) is 16.8 Å². The van der Waals surface area contributed by atoms with Crippen molar-refractivity contribution < 1.29 is 30.1 Å². The highest BCUT2D eigenvalue weighted by Crippen LogP contribution is 2.21. The minimum Gasteiger partial charge on any atom is -0.341 e. The predicted molar refractivity (Wildman–Crippen MR) is 135 cm³/mol. The Hall–Kier alpha value is -2.77. The summed E-state index contributed by atoms with van der Waals surface area (Å²) in [5, 5.41) is 3.96. The summed E-state index contributed by atoms with van der Waals surface area (Å²) in [5.41, 5.74) is 2.00. The second kappa shape index (κ2) is 14.0. The average molecular weight is 528 g/mol. The number of aromatic nitrogens is 2. The highest BCUT2D eigenvalue weighted by molar-refractivity contribution is 7.85. The van der Waals surface area contributed by atoms with Crippen LogP contribution in [0.5, 0.6) is 5.88 Å². The van der Waals surface area contributed by atoms with Crippen LogP contribution in [0.1, 0.15) is 32.0 Å². The average Bonchev–Trinajstić information content (AvgIpc) is 3.14. The van der Waals surface area contributed by atoms with E-state index in [1.807, 2.05) is 18.2 Å². The first kappa shape index (κ1) is 30.3. The number of benzene rings is 2. The number of rotatable bonds is 7. The zero-order valence-electron chi connectivity index (χ0n) is 20.5. The molecule has 0 amide bonds. The third kappa shape index (κ3) is 11.5. The first-order chi connectivity index (χ1) is 16.3. The van der Waals surface area contributed by atoms with Crippen molar-refractivity contribution in [1.29, 1.82) is 0 Å². The molecule has 35 heavy (non-hydrogen) atoms. The van der Waals surface area contributed by atoms with Crippen molar-refractivity contribution in [3.8, 4) is 11.6 Å². The molecule has 0 unspecified atom stereocenters. The van der Waals surface area contributed by atoms with E-state index in [-0.39, 0.29) is 16.5 Å². The quantitative estimate of drug-likeness (QED) is 0.437. The van der Waals surface area contributed by atoms with Crippen LogP contribution in [0.3, 0.4) is 0 Å². The van der Waals surface area contributed by atoms with Crippen LogP contribution in [-0.4, -0.2) is 60.3 Å². The lowest BCUT2D eigenvalue weighted by atomic mass is 10.2. The summed E-state index contributed by atoms with van der Waals surface area (Å²) < 4.78 is 66.4. The third-order valence-electron chi connectivity index (χ3n) is 4.65. The molecule has 0 aliphatic heterocycles. The molecule has 0 saturated heterocycles. The van der Waals surface area contributed by atoms with Gasteiger partial charge >= 0.3 is 10.4 Å². The summed E-state index contributed by atoms with van der Waals surface area (Å²) in [6, 6.07) is 16.3. The van der Waals surface area contributed by atoms with Crippen molar-refractivity contribution in [3.05, 3.63) is 71.9 Å². The van der Waals surface area contributed by atoms with Gasteiger partial charge in [0.25, 0.3) is 10.1 Å². The maximum absolute atomic E-state index is 10.9. The Labute approximate surface area is 207 Å². The van der Waals surface area contributed by atoms with Gasteiger partial charge < -0.3 is 9.08 Å². The Bertz CT molecular complexity index is 1230. The van der Waals surface area contributed by atoms with E-state index >= 15 is 0 Å². The molecule has 0 spiro atoms. The SMILES string of the molecule is CCN(CC)CC.Cc1cc(OS(=O)(=O)O)n(-c2ccc(S(=O)(=O)O)cc2)n1.Cc1ccccc1. The van der Waals surface area contributed by atoms with E-state index in [1.54, 1.807) is 6.92 Å². The van der Waals surface area contributed by atoms with E-state index in [1.165, 1.54) is 43.4 Å². The minimum atomic E-state index is -4.72. The second-order valence-corrected chi connectivity index (χ2v) is 9.73. The Morgan fingerprint density at radius 2 is 1.37 bits per heavy atom. The molecule has 0 atom stereocenters. The summed E-state index contributed by atoms with van der Waals surface area (Å²) in [6.45, 7) is 13.8. The van der Waals surface area contributed by atoms with Gasteiger partial charge in [0, 0.05) is 6.07 Å². The molecule has 0 fully saturated rings. The third-order valence-corrected chi connectivity index (χ3v) is 5.90. The van der Waals surface area contributed by atoms with Crippen LogP contribution in [0.2, 0.25) is 0 Å². The highest BCUT2D eigenvalue weighted by Gasteiger charge is 2.16. The van der Waals surface area contributed by atoms with Crippen molar-refractivity contribution in [2.24, 2.45) is 0 Å². The first-order valence-corrected chi connectivity index (χ1v) is 13.7. The monoisotopic (exact) mass is 527 g/mol. The molecule has 0 aliphatic rings.